The Morgan fingerprint density at radius 2 is 1.75 bits per heavy atom. The molecule has 0 aliphatic rings. The maximum atomic E-state index is 6.29. The fourth-order valence-electron chi connectivity index (χ4n) is 2.06. The summed E-state index contributed by atoms with van der Waals surface area (Å²) in [6.07, 6.45) is 5.05. The van der Waals surface area contributed by atoms with Gasteiger partial charge in [0.15, 0.2) is 0 Å². The molecule has 0 aromatic heterocycles. The molecule has 0 aliphatic heterocycles. The van der Waals surface area contributed by atoms with E-state index in [4.69, 9.17) is 16.3 Å². The van der Waals surface area contributed by atoms with E-state index in [0.717, 1.165) is 35.6 Å². The Labute approximate surface area is 125 Å². The van der Waals surface area contributed by atoms with E-state index in [1.165, 1.54) is 5.56 Å². The molecule has 0 saturated heterocycles. The van der Waals surface area contributed by atoms with E-state index in [2.05, 4.69) is 24.3 Å². The lowest BCUT2D eigenvalue weighted by molar-refractivity contribution is 0.415. The van der Waals surface area contributed by atoms with Crippen molar-refractivity contribution in [3.05, 3.63) is 70.8 Å². The van der Waals surface area contributed by atoms with Crippen molar-refractivity contribution in [2.75, 3.05) is 7.11 Å². The van der Waals surface area contributed by atoms with Gasteiger partial charge in [-0.25, -0.2) is 0 Å². The third-order valence-electron chi connectivity index (χ3n) is 3.16. The first kappa shape index (κ1) is 14.7. The lowest BCUT2D eigenvalue weighted by atomic mass is 10.1. The molecule has 1 nitrogen and oxygen atoms in total. The van der Waals surface area contributed by atoms with E-state index in [-0.39, 0.29) is 0 Å². The third-order valence-corrected chi connectivity index (χ3v) is 3.46. The average molecular weight is 287 g/mol. The van der Waals surface area contributed by atoms with Gasteiger partial charge in [0.1, 0.15) is 5.75 Å². The van der Waals surface area contributed by atoms with E-state index >= 15 is 0 Å². The van der Waals surface area contributed by atoms with Crippen molar-refractivity contribution >= 4 is 17.7 Å². The molecule has 0 bridgehead atoms. The molecule has 0 atom stereocenters. The zero-order chi connectivity index (χ0) is 14.2. The Hall–Kier alpha value is -1.73. The minimum atomic E-state index is 0.863. The maximum absolute atomic E-state index is 6.29. The predicted octanol–water partition coefficient (Wildman–Crippen LogP) is 5.30. The van der Waals surface area contributed by atoms with E-state index in [1.807, 2.05) is 36.4 Å². The molecule has 2 rings (SSSR count). The molecule has 0 saturated carbocycles. The number of aryl methyl sites for hydroxylation is 1. The summed E-state index contributed by atoms with van der Waals surface area (Å²) in [5, 5.41) is 0.895. The Morgan fingerprint density at radius 1 is 1.05 bits per heavy atom. The van der Waals surface area contributed by atoms with Crippen LogP contribution < -0.4 is 4.74 Å². The molecule has 0 amide bonds. The van der Waals surface area contributed by atoms with Crippen molar-refractivity contribution in [1.29, 1.82) is 0 Å². The van der Waals surface area contributed by atoms with Gasteiger partial charge in [-0.3, -0.25) is 0 Å². The van der Waals surface area contributed by atoms with Gasteiger partial charge >= 0.3 is 0 Å². The molecule has 2 heteroatoms. The summed E-state index contributed by atoms with van der Waals surface area (Å²) in [5.41, 5.74) is 2.47. The number of benzene rings is 2. The molecule has 0 radical (unpaired) electrons. The van der Waals surface area contributed by atoms with Gasteiger partial charge in [0.25, 0.3) is 0 Å². The summed E-state index contributed by atoms with van der Waals surface area (Å²) in [6, 6.07) is 18.4. The summed E-state index contributed by atoms with van der Waals surface area (Å²) in [7, 11) is 1.67. The molecule has 0 N–H and O–H groups in total. The summed E-state index contributed by atoms with van der Waals surface area (Å²) in [4.78, 5) is 0. The minimum absolute atomic E-state index is 0.863. The van der Waals surface area contributed by atoms with Gasteiger partial charge in [-0.05, 0) is 48.6 Å². The second-order valence-electron chi connectivity index (χ2n) is 4.70. The van der Waals surface area contributed by atoms with Gasteiger partial charge < -0.3 is 4.74 Å². The summed E-state index contributed by atoms with van der Waals surface area (Å²) in [6.45, 7) is 0. The van der Waals surface area contributed by atoms with E-state index in [9.17, 15) is 0 Å². The molecule has 2 aromatic carbocycles. The van der Waals surface area contributed by atoms with Crippen LogP contribution in [0.5, 0.6) is 5.75 Å². The van der Waals surface area contributed by atoms with Crippen LogP contribution in [0.15, 0.2) is 59.6 Å². The number of allylic oxidation sites excluding steroid dienone is 1. The van der Waals surface area contributed by atoms with Crippen molar-refractivity contribution in [3.63, 3.8) is 0 Å². The Kier molecular flexibility index (Phi) is 5.69. The van der Waals surface area contributed by atoms with Crippen molar-refractivity contribution < 1.29 is 4.74 Å². The van der Waals surface area contributed by atoms with Crippen LogP contribution in [0.4, 0.5) is 0 Å². The van der Waals surface area contributed by atoms with Crippen molar-refractivity contribution in [1.82, 2.24) is 0 Å². The van der Waals surface area contributed by atoms with Crippen LogP contribution in [0, 0.1) is 0 Å². The van der Waals surface area contributed by atoms with E-state index in [1.54, 1.807) is 7.11 Å². The van der Waals surface area contributed by atoms with Gasteiger partial charge in [0.05, 0.1) is 7.11 Å². The standard InChI is InChI=1S/C18H19ClO/c1-20-18-12-10-16(11-13-18)14-17(19)9-5-8-15-6-3-2-4-7-15/h2-4,6-7,10-14H,5,8-9H2,1H3/b17-14-. The van der Waals surface area contributed by atoms with Crippen LogP contribution in [0.2, 0.25) is 0 Å². The van der Waals surface area contributed by atoms with Crippen LogP contribution >= 0.6 is 11.6 Å². The number of methoxy groups -OCH3 is 1. The molecule has 0 spiro atoms. The van der Waals surface area contributed by atoms with Gasteiger partial charge in [-0.15, -0.1) is 0 Å². The molecule has 20 heavy (non-hydrogen) atoms. The first-order valence-corrected chi connectivity index (χ1v) is 7.20. The number of halogens is 1. The van der Waals surface area contributed by atoms with Crippen molar-refractivity contribution in [2.45, 2.75) is 19.3 Å². The second kappa shape index (κ2) is 7.76. The Bertz CT molecular complexity index is 543. The Morgan fingerprint density at radius 3 is 2.40 bits per heavy atom. The fourth-order valence-corrected chi connectivity index (χ4v) is 2.32. The van der Waals surface area contributed by atoms with E-state index < -0.39 is 0 Å². The normalized spacial score (nSPS) is 11.4. The molecule has 0 unspecified atom stereocenters. The van der Waals surface area contributed by atoms with Gasteiger partial charge in [-0.2, -0.15) is 0 Å². The zero-order valence-corrected chi connectivity index (χ0v) is 12.4. The highest BCUT2D eigenvalue weighted by molar-refractivity contribution is 6.31. The van der Waals surface area contributed by atoms with Crippen LogP contribution in [0.25, 0.3) is 6.08 Å². The summed E-state index contributed by atoms with van der Waals surface area (Å²) >= 11 is 6.29. The first-order chi connectivity index (χ1) is 9.78. The number of hydrogen-bond acceptors (Lipinski definition) is 1. The van der Waals surface area contributed by atoms with Gasteiger partial charge in [-0.1, -0.05) is 54.1 Å². The predicted molar refractivity (Wildman–Crippen MR) is 86.2 cm³/mol. The highest BCUT2D eigenvalue weighted by atomic mass is 35.5. The largest absolute Gasteiger partial charge is 0.497 e. The lowest BCUT2D eigenvalue weighted by Gasteiger charge is -2.02. The Balaban J connectivity index is 1.84. The summed E-state index contributed by atoms with van der Waals surface area (Å²) in [5.74, 6) is 0.863. The van der Waals surface area contributed by atoms with E-state index in [0.29, 0.717) is 0 Å². The SMILES string of the molecule is COc1ccc(/C=C(\Cl)CCCc2ccccc2)cc1. The smallest absolute Gasteiger partial charge is 0.118 e. The maximum Gasteiger partial charge on any atom is 0.118 e. The lowest BCUT2D eigenvalue weighted by Crippen LogP contribution is -1.85. The molecule has 2 aromatic rings. The summed E-state index contributed by atoms with van der Waals surface area (Å²) < 4.78 is 5.13. The molecule has 104 valence electrons. The average Bonchev–Trinajstić information content (AvgIpc) is 2.49. The third kappa shape index (κ3) is 4.75. The van der Waals surface area contributed by atoms with Gasteiger partial charge in [0, 0.05) is 5.03 Å². The highest BCUT2D eigenvalue weighted by Gasteiger charge is 1.97. The molecule has 0 heterocycles. The van der Waals surface area contributed by atoms with Crippen LogP contribution in [-0.2, 0) is 6.42 Å². The highest BCUT2D eigenvalue weighted by Crippen LogP contribution is 2.19. The van der Waals surface area contributed by atoms with Crippen molar-refractivity contribution in [2.24, 2.45) is 0 Å². The van der Waals surface area contributed by atoms with Crippen LogP contribution in [-0.4, -0.2) is 7.11 Å². The minimum Gasteiger partial charge on any atom is -0.497 e. The molecule has 0 aliphatic carbocycles. The zero-order valence-electron chi connectivity index (χ0n) is 11.7. The quantitative estimate of drug-likeness (QED) is 0.700. The van der Waals surface area contributed by atoms with Crippen LogP contribution in [0.3, 0.4) is 0 Å². The topological polar surface area (TPSA) is 9.23 Å². The van der Waals surface area contributed by atoms with Crippen LogP contribution in [0.1, 0.15) is 24.0 Å². The number of ether oxygens (including phenoxy) is 1. The molecular weight excluding hydrogens is 268 g/mol. The van der Waals surface area contributed by atoms with Gasteiger partial charge in [0.2, 0.25) is 0 Å². The number of hydrogen-bond donors (Lipinski definition) is 0. The first-order valence-electron chi connectivity index (χ1n) is 6.82. The molecular formula is C18H19ClO. The fraction of sp³-hybridized carbons (Fsp3) is 0.222. The molecule has 0 fully saturated rings. The second-order valence-corrected chi connectivity index (χ2v) is 5.19. The number of rotatable bonds is 6. The monoisotopic (exact) mass is 286 g/mol. The van der Waals surface area contributed by atoms with Crippen molar-refractivity contribution in [3.8, 4) is 5.75 Å².